The van der Waals surface area contributed by atoms with Crippen LogP contribution >= 0.6 is 0 Å². The molecule has 1 aliphatic heterocycles. The van der Waals surface area contributed by atoms with Crippen molar-refractivity contribution in [3.63, 3.8) is 0 Å². The van der Waals surface area contributed by atoms with Crippen LogP contribution in [0.2, 0.25) is 0 Å². The average molecular weight is 560 g/mol. The molecule has 0 fully saturated rings. The number of benzene rings is 3. The Kier molecular flexibility index (Phi) is 9.05. The lowest BCUT2D eigenvalue weighted by Crippen LogP contribution is -2.55. The van der Waals surface area contributed by atoms with E-state index in [-0.39, 0.29) is 24.7 Å². The number of carboxylic acids is 1. The molecule has 0 saturated heterocycles. The maximum Gasteiger partial charge on any atom is 0.305 e. The summed E-state index contributed by atoms with van der Waals surface area (Å²) in [5.74, 6) is -3.65. The first-order valence-corrected chi connectivity index (χ1v) is 12.8. The van der Waals surface area contributed by atoms with Crippen molar-refractivity contribution in [1.82, 2.24) is 16.0 Å². The van der Waals surface area contributed by atoms with Crippen LogP contribution in [-0.2, 0) is 24.0 Å². The minimum atomic E-state index is -1.30. The van der Waals surface area contributed by atoms with E-state index in [2.05, 4.69) is 16.0 Å². The van der Waals surface area contributed by atoms with Crippen LogP contribution in [0.5, 0.6) is 0 Å². The van der Waals surface area contributed by atoms with Crippen LogP contribution in [0.25, 0.3) is 10.8 Å². The van der Waals surface area contributed by atoms with Crippen molar-refractivity contribution in [2.75, 3.05) is 36.5 Å². The zero-order chi connectivity index (χ0) is 29.5. The van der Waals surface area contributed by atoms with E-state index in [0.717, 1.165) is 10.3 Å². The number of rotatable bonds is 10. The van der Waals surface area contributed by atoms with Crippen molar-refractivity contribution >= 4 is 58.0 Å². The third-order valence-corrected chi connectivity index (χ3v) is 6.57. The van der Waals surface area contributed by atoms with Gasteiger partial charge in [0.1, 0.15) is 18.9 Å². The number of anilines is 2. The Morgan fingerprint density at radius 2 is 1.68 bits per heavy atom. The molecule has 4 N–H and O–H groups in total. The fourth-order valence-electron chi connectivity index (χ4n) is 4.72. The lowest BCUT2D eigenvalue weighted by Gasteiger charge is -2.25. The topological polar surface area (TPSA) is 165 Å². The van der Waals surface area contributed by atoms with E-state index in [1.807, 2.05) is 18.2 Å². The summed E-state index contributed by atoms with van der Waals surface area (Å²) in [6.45, 7) is -0.849. The number of aldehydes is 1. The van der Waals surface area contributed by atoms with Gasteiger partial charge in [0.2, 0.25) is 11.8 Å². The molecule has 0 bridgehead atoms. The predicted octanol–water partition coefficient (Wildman–Crippen LogP) is 0.696. The van der Waals surface area contributed by atoms with Crippen molar-refractivity contribution in [1.29, 1.82) is 0 Å². The molecule has 212 valence electrons. The molecule has 0 radical (unpaired) electrons. The Labute approximate surface area is 235 Å². The van der Waals surface area contributed by atoms with E-state index in [1.54, 1.807) is 55.6 Å². The number of likely N-dealkylation sites (N-methyl/N-ethyl adjacent to an activating group) is 1. The van der Waals surface area contributed by atoms with E-state index in [0.29, 0.717) is 22.9 Å². The molecule has 0 aliphatic carbocycles. The van der Waals surface area contributed by atoms with Crippen molar-refractivity contribution in [2.45, 2.75) is 18.5 Å². The van der Waals surface area contributed by atoms with Crippen LogP contribution in [0.15, 0.2) is 66.7 Å². The fraction of sp³-hybridized carbons (Fsp3) is 0.241. The molecule has 3 aromatic rings. The highest BCUT2D eigenvalue weighted by Crippen LogP contribution is 2.33. The lowest BCUT2D eigenvalue weighted by atomic mass is 10.0. The second-order valence-corrected chi connectivity index (χ2v) is 9.41. The van der Waals surface area contributed by atoms with Crippen LogP contribution in [0.4, 0.5) is 11.4 Å². The van der Waals surface area contributed by atoms with Gasteiger partial charge in [0.25, 0.3) is 11.8 Å². The number of hydrogen-bond donors (Lipinski definition) is 4. The van der Waals surface area contributed by atoms with Gasteiger partial charge in [-0.1, -0.05) is 48.5 Å². The molecule has 0 aromatic heterocycles. The fourth-order valence-corrected chi connectivity index (χ4v) is 4.72. The molecule has 12 nitrogen and oxygen atoms in total. The molecular weight excluding hydrogens is 530 g/mol. The third-order valence-electron chi connectivity index (χ3n) is 6.57. The summed E-state index contributed by atoms with van der Waals surface area (Å²) in [6, 6.07) is 16.4. The number of carbonyl (C=O) groups excluding carboxylic acids is 5. The lowest BCUT2D eigenvalue weighted by molar-refractivity contribution is -0.139. The normalized spacial score (nSPS) is 15.4. The van der Waals surface area contributed by atoms with E-state index < -0.39 is 48.7 Å². The summed E-state index contributed by atoms with van der Waals surface area (Å²) in [4.78, 5) is 78.4. The maximum atomic E-state index is 13.9. The van der Waals surface area contributed by atoms with Crippen LogP contribution in [0.1, 0.15) is 16.8 Å². The van der Waals surface area contributed by atoms with Crippen molar-refractivity contribution < 1.29 is 33.9 Å². The Bertz CT molecular complexity index is 1500. The average Bonchev–Trinajstić information content (AvgIpc) is 3.07. The summed E-state index contributed by atoms with van der Waals surface area (Å²) in [5.41, 5.74) is 0.908. The molecule has 1 heterocycles. The maximum absolute atomic E-state index is 13.9. The van der Waals surface area contributed by atoms with Gasteiger partial charge in [-0.25, -0.2) is 0 Å². The number of nitrogens with one attached hydrogen (secondary N) is 3. The second kappa shape index (κ2) is 12.8. The Balaban J connectivity index is 1.70. The van der Waals surface area contributed by atoms with Crippen LogP contribution in [0, 0.1) is 0 Å². The van der Waals surface area contributed by atoms with E-state index in [1.165, 1.54) is 4.90 Å². The molecule has 4 amide bonds. The highest BCUT2D eigenvalue weighted by molar-refractivity contribution is 6.13. The Hall–Kier alpha value is -5.10. The first-order valence-electron chi connectivity index (χ1n) is 12.8. The highest BCUT2D eigenvalue weighted by atomic mass is 16.4. The number of carboxylic acid groups (broad SMARTS) is 1. The van der Waals surface area contributed by atoms with Crippen molar-refractivity contribution in [3.8, 4) is 0 Å². The Morgan fingerprint density at radius 1 is 1.00 bits per heavy atom. The van der Waals surface area contributed by atoms with Crippen molar-refractivity contribution in [3.05, 3.63) is 72.3 Å². The number of hydrogen-bond acceptors (Lipinski definition) is 7. The van der Waals surface area contributed by atoms with Gasteiger partial charge >= 0.3 is 5.97 Å². The number of para-hydroxylation sites is 2. The summed E-state index contributed by atoms with van der Waals surface area (Å²) in [6.07, 6.45) is -0.328. The molecule has 4 rings (SSSR count). The van der Waals surface area contributed by atoms with Crippen LogP contribution in [0.3, 0.4) is 0 Å². The largest absolute Gasteiger partial charge is 0.481 e. The summed E-state index contributed by atoms with van der Waals surface area (Å²) in [7, 11) is 1.60. The molecule has 3 aromatic carbocycles. The van der Waals surface area contributed by atoms with E-state index in [9.17, 15) is 28.8 Å². The predicted molar refractivity (Wildman–Crippen MR) is 151 cm³/mol. The molecule has 1 aliphatic rings. The minimum Gasteiger partial charge on any atom is -0.481 e. The monoisotopic (exact) mass is 559 g/mol. The van der Waals surface area contributed by atoms with Crippen LogP contribution in [-0.4, -0.2) is 79.8 Å². The standard InChI is InChI=1S/C29H29N5O7/c1-30-14-26(37)33-15-22(32-28(40)21-10-6-8-18-7-2-3-9-20(18)21)29(41)34(24-12-5-4-11-23(24)33)16-25(36)31-19(17-35)13-27(38)39/h2-12,17,19,22,30H,13-16H2,1H3,(H,31,36)(H,32,40)(H,38,39)/t19-,22-/m0/s1. The van der Waals surface area contributed by atoms with Gasteiger partial charge in [-0.15, -0.1) is 0 Å². The van der Waals surface area contributed by atoms with E-state index >= 15 is 0 Å². The molecule has 2 atom stereocenters. The number of carbonyl (C=O) groups is 6. The minimum absolute atomic E-state index is 0.0524. The molecule has 41 heavy (non-hydrogen) atoms. The van der Waals surface area contributed by atoms with Gasteiger partial charge in [-0.05, 0) is 36.0 Å². The molecule has 12 heteroatoms. The smallest absolute Gasteiger partial charge is 0.305 e. The van der Waals surface area contributed by atoms with Gasteiger partial charge in [0.05, 0.1) is 36.9 Å². The van der Waals surface area contributed by atoms with Gasteiger partial charge in [0.15, 0.2) is 0 Å². The zero-order valence-electron chi connectivity index (χ0n) is 22.2. The molecular formula is C29H29N5O7. The summed E-state index contributed by atoms with van der Waals surface area (Å²) < 4.78 is 0. The first kappa shape index (κ1) is 28.9. The molecule has 0 spiro atoms. The van der Waals surface area contributed by atoms with Gasteiger partial charge in [0, 0.05) is 5.56 Å². The quantitative estimate of drug-likeness (QED) is 0.264. The Morgan fingerprint density at radius 3 is 2.39 bits per heavy atom. The number of nitrogens with zero attached hydrogens (tertiary/aromatic N) is 2. The number of amides is 4. The number of aliphatic carboxylic acids is 1. The number of fused-ring (bicyclic) bond motifs is 2. The SMILES string of the molecule is CNCC(=O)N1C[C@H](NC(=O)c2cccc3ccccc23)C(=O)N(CC(=O)N[C@H](C=O)CC(=O)O)c2ccccc21. The summed E-state index contributed by atoms with van der Waals surface area (Å²) >= 11 is 0. The molecule has 0 unspecified atom stereocenters. The first-order chi connectivity index (χ1) is 19.7. The van der Waals surface area contributed by atoms with Gasteiger partial charge < -0.3 is 30.8 Å². The molecule has 0 saturated carbocycles. The van der Waals surface area contributed by atoms with Crippen LogP contribution < -0.4 is 25.8 Å². The second-order valence-electron chi connectivity index (χ2n) is 9.41. The van der Waals surface area contributed by atoms with Crippen molar-refractivity contribution in [2.24, 2.45) is 0 Å². The third kappa shape index (κ3) is 6.56. The van der Waals surface area contributed by atoms with Gasteiger partial charge in [-0.3, -0.25) is 28.9 Å². The highest BCUT2D eigenvalue weighted by Gasteiger charge is 2.38. The van der Waals surface area contributed by atoms with E-state index in [4.69, 9.17) is 5.11 Å². The zero-order valence-corrected chi connectivity index (χ0v) is 22.2. The summed E-state index contributed by atoms with van der Waals surface area (Å²) in [5, 5.41) is 18.4. The van der Waals surface area contributed by atoms with Gasteiger partial charge in [-0.2, -0.15) is 0 Å².